The molecule has 0 aliphatic carbocycles. The summed E-state index contributed by atoms with van der Waals surface area (Å²) in [5, 5.41) is 15.5. The summed E-state index contributed by atoms with van der Waals surface area (Å²) in [6, 6.07) is 9.30. The van der Waals surface area contributed by atoms with Crippen LogP contribution in [0.2, 0.25) is 0 Å². The van der Waals surface area contributed by atoms with Gasteiger partial charge in [-0.1, -0.05) is 24.3 Å². The number of nitrogens with one attached hydrogen (secondary N) is 1. The van der Waals surface area contributed by atoms with Crippen LogP contribution in [0.5, 0.6) is 0 Å². The fraction of sp³-hybridized carbons (Fsp3) is 0.312. The summed E-state index contributed by atoms with van der Waals surface area (Å²) in [4.78, 5) is 23.2. The highest BCUT2D eigenvalue weighted by Gasteiger charge is 2.31. The molecule has 1 amide bonds. The molecule has 0 bridgehead atoms. The molecule has 22 heavy (non-hydrogen) atoms. The molecular weight excluding hydrogens is 282 g/mol. The highest BCUT2D eigenvalue weighted by atomic mass is 16.4. The molecule has 1 aromatic heterocycles. The van der Waals surface area contributed by atoms with Crippen LogP contribution in [-0.2, 0) is 21.5 Å². The van der Waals surface area contributed by atoms with E-state index in [0.29, 0.717) is 5.82 Å². The van der Waals surface area contributed by atoms with Crippen LogP contribution in [0.4, 0.5) is 5.82 Å². The maximum absolute atomic E-state index is 12.5. The van der Waals surface area contributed by atoms with Crippen molar-refractivity contribution in [2.24, 2.45) is 0 Å². The van der Waals surface area contributed by atoms with Gasteiger partial charge in [-0.05, 0) is 31.9 Å². The lowest BCUT2D eigenvalue weighted by Gasteiger charge is -2.25. The lowest BCUT2D eigenvalue weighted by Crippen LogP contribution is -2.35. The van der Waals surface area contributed by atoms with E-state index >= 15 is 0 Å². The summed E-state index contributed by atoms with van der Waals surface area (Å²) in [7, 11) is 0. The number of benzene rings is 1. The number of anilines is 1. The van der Waals surface area contributed by atoms with Crippen molar-refractivity contribution in [3.63, 3.8) is 0 Å². The Balaban J connectivity index is 2.16. The van der Waals surface area contributed by atoms with Gasteiger partial charge in [0.1, 0.15) is 6.54 Å². The SMILES string of the molecule is Cc1ccccc1C(C)(C)C(=O)Nc1ccn(CC(=O)O)n1. The first-order valence-electron chi connectivity index (χ1n) is 6.93. The van der Waals surface area contributed by atoms with Crippen molar-refractivity contribution < 1.29 is 14.7 Å². The minimum Gasteiger partial charge on any atom is -0.480 e. The van der Waals surface area contributed by atoms with E-state index in [1.807, 2.05) is 45.0 Å². The van der Waals surface area contributed by atoms with E-state index in [1.165, 1.54) is 10.9 Å². The average Bonchev–Trinajstić information content (AvgIpc) is 2.85. The number of carbonyl (C=O) groups excluding carboxylic acids is 1. The van der Waals surface area contributed by atoms with E-state index in [-0.39, 0.29) is 12.5 Å². The number of carboxylic acids is 1. The summed E-state index contributed by atoms with van der Waals surface area (Å²) in [6.45, 7) is 5.42. The molecule has 0 saturated heterocycles. The van der Waals surface area contributed by atoms with Crippen molar-refractivity contribution in [3.8, 4) is 0 Å². The van der Waals surface area contributed by atoms with Crippen molar-refractivity contribution >= 4 is 17.7 Å². The zero-order valence-corrected chi connectivity index (χ0v) is 12.8. The topological polar surface area (TPSA) is 84.2 Å². The van der Waals surface area contributed by atoms with Gasteiger partial charge in [-0.2, -0.15) is 5.10 Å². The van der Waals surface area contributed by atoms with Gasteiger partial charge in [-0.25, -0.2) is 0 Å². The summed E-state index contributed by atoms with van der Waals surface area (Å²) in [5.41, 5.74) is 1.26. The molecule has 1 aromatic carbocycles. The largest absolute Gasteiger partial charge is 0.480 e. The molecule has 116 valence electrons. The zero-order chi connectivity index (χ0) is 16.3. The molecule has 2 rings (SSSR count). The van der Waals surface area contributed by atoms with Gasteiger partial charge in [0.15, 0.2) is 5.82 Å². The molecule has 1 heterocycles. The monoisotopic (exact) mass is 301 g/mol. The number of hydrogen-bond acceptors (Lipinski definition) is 3. The van der Waals surface area contributed by atoms with Crippen LogP contribution in [0.25, 0.3) is 0 Å². The Morgan fingerprint density at radius 2 is 1.95 bits per heavy atom. The van der Waals surface area contributed by atoms with Crippen LogP contribution in [0.1, 0.15) is 25.0 Å². The minimum absolute atomic E-state index is 0.192. The number of nitrogens with zero attached hydrogens (tertiary/aromatic N) is 2. The van der Waals surface area contributed by atoms with Crippen molar-refractivity contribution in [2.45, 2.75) is 32.7 Å². The highest BCUT2D eigenvalue weighted by Crippen LogP contribution is 2.27. The predicted molar refractivity (Wildman–Crippen MR) is 82.7 cm³/mol. The third-order valence-electron chi connectivity index (χ3n) is 3.57. The summed E-state index contributed by atoms with van der Waals surface area (Å²) in [6.07, 6.45) is 1.52. The van der Waals surface area contributed by atoms with Crippen LogP contribution in [0.3, 0.4) is 0 Å². The van der Waals surface area contributed by atoms with E-state index in [0.717, 1.165) is 11.1 Å². The highest BCUT2D eigenvalue weighted by molar-refractivity contribution is 5.98. The van der Waals surface area contributed by atoms with Crippen molar-refractivity contribution in [3.05, 3.63) is 47.7 Å². The van der Waals surface area contributed by atoms with Crippen LogP contribution in [-0.4, -0.2) is 26.8 Å². The molecule has 6 nitrogen and oxygen atoms in total. The Labute approximate surface area is 128 Å². The summed E-state index contributed by atoms with van der Waals surface area (Å²) in [5.74, 6) is -0.837. The number of carbonyl (C=O) groups is 2. The quantitative estimate of drug-likeness (QED) is 0.886. The first-order chi connectivity index (χ1) is 10.3. The fourth-order valence-electron chi connectivity index (χ4n) is 2.32. The van der Waals surface area contributed by atoms with Gasteiger partial charge in [0.25, 0.3) is 0 Å². The van der Waals surface area contributed by atoms with Gasteiger partial charge in [0, 0.05) is 12.3 Å². The second-order valence-corrected chi connectivity index (χ2v) is 5.69. The first-order valence-corrected chi connectivity index (χ1v) is 6.93. The standard InChI is InChI=1S/C16H19N3O3/c1-11-6-4-5-7-12(11)16(2,3)15(22)17-13-8-9-19(18-13)10-14(20)21/h4-9H,10H2,1-3H3,(H,20,21)(H,17,18,22). The smallest absolute Gasteiger partial charge is 0.325 e. The molecule has 0 fully saturated rings. The Bertz CT molecular complexity index is 704. The molecule has 2 N–H and O–H groups in total. The predicted octanol–water partition coefficient (Wildman–Crippen LogP) is 2.19. The van der Waals surface area contributed by atoms with Crippen molar-refractivity contribution in [1.29, 1.82) is 0 Å². The summed E-state index contributed by atoms with van der Waals surface area (Å²) >= 11 is 0. The van der Waals surface area contributed by atoms with Gasteiger partial charge in [0.2, 0.25) is 5.91 Å². The molecule has 0 unspecified atom stereocenters. The number of carboxylic acid groups (broad SMARTS) is 1. The number of aryl methyl sites for hydroxylation is 1. The minimum atomic E-state index is -0.985. The van der Waals surface area contributed by atoms with Crippen LogP contribution in [0, 0.1) is 6.92 Å². The van der Waals surface area contributed by atoms with E-state index in [1.54, 1.807) is 6.07 Å². The molecule has 0 spiro atoms. The van der Waals surface area contributed by atoms with E-state index in [9.17, 15) is 9.59 Å². The molecular formula is C16H19N3O3. The first kappa shape index (κ1) is 15.8. The number of rotatable bonds is 5. The van der Waals surface area contributed by atoms with Gasteiger partial charge in [0.05, 0.1) is 5.41 Å². The molecule has 6 heteroatoms. The fourth-order valence-corrected chi connectivity index (χ4v) is 2.32. The number of aromatic nitrogens is 2. The molecule has 0 saturated carbocycles. The van der Waals surface area contributed by atoms with Gasteiger partial charge in [-0.15, -0.1) is 0 Å². The van der Waals surface area contributed by atoms with Crippen LogP contribution < -0.4 is 5.32 Å². The lowest BCUT2D eigenvalue weighted by atomic mass is 9.81. The van der Waals surface area contributed by atoms with E-state index in [4.69, 9.17) is 5.11 Å². The third kappa shape index (κ3) is 3.33. The van der Waals surface area contributed by atoms with Crippen LogP contribution >= 0.6 is 0 Å². The molecule has 0 aliphatic rings. The Kier molecular flexibility index (Phi) is 4.30. The number of amides is 1. The van der Waals surface area contributed by atoms with Crippen LogP contribution in [0.15, 0.2) is 36.5 Å². The number of hydrogen-bond donors (Lipinski definition) is 2. The Morgan fingerprint density at radius 3 is 2.59 bits per heavy atom. The maximum Gasteiger partial charge on any atom is 0.325 e. The Morgan fingerprint density at radius 1 is 1.27 bits per heavy atom. The molecule has 2 aromatic rings. The van der Waals surface area contributed by atoms with Crippen molar-refractivity contribution in [1.82, 2.24) is 9.78 Å². The molecule has 0 atom stereocenters. The third-order valence-corrected chi connectivity index (χ3v) is 3.57. The summed E-state index contributed by atoms with van der Waals surface area (Å²) < 4.78 is 1.26. The Hall–Kier alpha value is -2.63. The molecule has 0 aliphatic heterocycles. The lowest BCUT2D eigenvalue weighted by molar-refractivity contribution is -0.137. The van der Waals surface area contributed by atoms with Gasteiger partial charge in [-0.3, -0.25) is 14.3 Å². The second kappa shape index (κ2) is 6.01. The average molecular weight is 301 g/mol. The van der Waals surface area contributed by atoms with Gasteiger partial charge < -0.3 is 10.4 Å². The number of aliphatic carboxylic acids is 1. The normalized spacial score (nSPS) is 11.2. The van der Waals surface area contributed by atoms with Crippen molar-refractivity contribution in [2.75, 3.05) is 5.32 Å². The van der Waals surface area contributed by atoms with E-state index in [2.05, 4.69) is 10.4 Å². The molecule has 0 radical (unpaired) electrons. The van der Waals surface area contributed by atoms with E-state index < -0.39 is 11.4 Å². The second-order valence-electron chi connectivity index (χ2n) is 5.69. The zero-order valence-electron chi connectivity index (χ0n) is 12.8. The van der Waals surface area contributed by atoms with Gasteiger partial charge >= 0.3 is 5.97 Å². The maximum atomic E-state index is 12.5.